The van der Waals surface area contributed by atoms with E-state index in [1.165, 1.54) is 32.2 Å². The van der Waals surface area contributed by atoms with Crippen molar-refractivity contribution in [2.75, 3.05) is 32.8 Å². The molecule has 1 rings (SSSR count). The van der Waals surface area contributed by atoms with Gasteiger partial charge in [0.05, 0.1) is 13.2 Å². The molecule has 0 unspecified atom stereocenters. The second kappa shape index (κ2) is 11.0. The van der Waals surface area contributed by atoms with Gasteiger partial charge in [0, 0.05) is 13.1 Å². The van der Waals surface area contributed by atoms with E-state index in [0.29, 0.717) is 0 Å². The van der Waals surface area contributed by atoms with E-state index >= 15 is 0 Å². The van der Waals surface area contributed by atoms with Crippen molar-refractivity contribution < 1.29 is 4.74 Å². The molecular formula is C12H27NO. The molecule has 0 atom stereocenters. The van der Waals surface area contributed by atoms with Crippen LogP contribution < -0.4 is 0 Å². The van der Waals surface area contributed by atoms with Crippen LogP contribution in [0.4, 0.5) is 0 Å². The molecule has 0 aromatic rings. The maximum Gasteiger partial charge on any atom is 0.0594 e. The summed E-state index contributed by atoms with van der Waals surface area (Å²) in [6.45, 7) is 11.7. The molecule has 1 heterocycles. The molecule has 0 spiro atoms. The molecule has 0 amide bonds. The second-order valence-corrected chi connectivity index (χ2v) is 3.51. The molecule has 2 heteroatoms. The minimum absolute atomic E-state index is 0.938. The number of ether oxygens (including phenoxy) is 1. The van der Waals surface area contributed by atoms with Crippen molar-refractivity contribution in [3.8, 4) is 0 Å². The molecule has 1 aliphatic rings. The molecule has 86 valence electrons. The fourth-order valence-electron chi connectivity index (χ4n) is 1.59. The van der Waals surface area contributed by atoms with Crippen LogP contribution in [0.2, 0.25) is 0 Å². The van der Waals surface area contributed by atoms with Gasteiger partial charge in [-0.1, -0.05) is 40.0 Å². The summed E-state index contributed by atoms with van der Waals surface area (Å²) in [5.74, 6) is 0. The smallest absolute Gasteiger partial charge is 0.0594 e. The third-order valence-corrected chi connectivity index (χ3v) is 2.43. The Morgan fingerprint density at radius 1 is 1.00 bits per heavy atom. The van der Waals surface area contributed by atoms with Crippen molar-refractivity contribution in [3.63, 3.8) is 0 Å². The summed E-state index contributed by atoms with van der Waals surface area (Å²) in [6, 6.07) is 0. The van der Waals surface area contributed by atoms with Gasteiger partial charge in [-0.3, -0.25) is 4.90 Å². The van der Waals surface area contributed by atoms with Gasteiger partial charge in [-0.15, -0.1) is 0 Å². The second-order valence-electron chi connectivity index (χ2n) is 3.51. The zero-order chi connectivity index (χ0) is 10.6. The Morgan fingerprint density at radius 2 is 1.64 bits per heavy atom. The Balaban J connectivity index is 0.000000791. The Bertz CT molecular complexity index is 100. The minimum atomic E-state index is 0.938. The van der Waals surface area contributed by atoms with Gasteiger partial charge in [0.1, 0.15) is 0 Å². The summed E-state index contributed by atoms with van der Waals surface area (Å²) in [5.41, 5.74) is 0. The van der Waals surface area contributed by atoms with Crippen LogP contribution in [-0.2, 0) is 4.74 Å². The molecule has 0 bridgehead atoms. The first-order chi connectivity index (χ1) is 6.93. The highest BCUT2D eigenvalue weighted by molar-refractivity contribution is 4.61. The minimum Gasteiger partial charge on any atom is -0.379 e. The summed E-state index contributed by atoms with van der Waals surface area (Å²) in [6.07, 6.45) is 5.50. The highest BCUT2D eigenvalue weighted by Crippen LogP contribution is 2.03. The van der Waals surface area contributed by atoms with Crippen LogP contribution in [0, 0.1) is 0 Å². The lowest BCUT2D eigenvalue weighted by Gasteiger charge is -2.26. The van der Waals surface area contributed by atoms with Crippen LogP contribution >= 0.6 is 0 Å². The van der Waals surface area contributed by atoms with Gasteiger partial charge in [-0.25, -0.2) is 0 Å². The average molecular weight is 201 g/mol. The number of morpholine rings is 1. The molecule has 0 radical (unpaired) electrons. The first-order valence-corrected chi connectivity index (χ1v) is 6.23. The summed E-state index contributed by atoms with van der Waals surface area (Å²) in [5, 5.41) is 0. The third-order valence-electron chi connectivity index (χ3n) is 2.43. The van der Waals surface area contributed by atoms with Gasteiger partial charge in [0.25, 0.3) is 0 Å². The van der Waals surface area contributed by atoms with Crippen molar-refractivity contribution in [3.05, 3.63) is 0 Å². The Morgan fingerprint density at radius 3 is 2.21 bits per heavy atom. The van der Waals surface area contributed by atoms with E-state index < -0.39 is 0 Å². The lowest BCUT2D eigenvalue weighted by molar-refractivity contribution is 0.0371. The Kier molecular flexibility index (Phi) is 10.9. The molecule has 0 saturated carbocycles. The lowest BCUT2D eigenvalue weighted by atomic mass is 10.2. The van der Waals surface area contributed by atoms with Gasteiger partial charge in [0.2, 0.25) is 0 Å². The van der Waals surface area contributed by atoms with E-state index in [1.807, 2.05) is 13.8 Å². The normalized spacial score (nSPS) is 17.4. The maximum absolute atomic E-state index is 5.29. The maximum atomic E-state index is 5.29. The summed E-state index contributed by atoms with van der Waals surface area (Å²) in [4.78, 5) is 2.51. The number of unbranched alkanes of at least 4 members (excludes halogenated alkanes) is 3. The predicted molar refractivity (Wildman–Crippen MR) is 62.7 cm³/mol. The standard InChI is InChI=1S/C10H21NO.C2H6/c1-2-3-4-5-6-11-7-9-12-10-8-11;1-2/h2-10H2,1H3;1-2H3. The molecule has 0 aromatic heterocycles. The van der Waals surface area contributed by atoms with Crippen molar-refractivity contribution in [2.24, 2.45) is 0 Å². The predicted octanol–water partition coefficient (Wildman–Crippen LogP) is 2.93. The quantitative estimate of drug-likeness (QED) is 0.634. The van der Waals surface area contributed by atoms with E-state index in [2.05, 4.69) is 11.8 Å². The van der Waals surface area contributed by atoms with E-state index in [9.17, 15) is 0 Å². The van der Waals surface area contributed by atoms with E-state index in [-0.39, 0.29) is 0 Å². The Hall–Kier alpha value is -0.0800. The van der Waals surface area contributed by atoms with Crippen molar-refractivity contribution in [1.82, 2.24) is 4.90 Å². The number of rotatable bonds is 5. The fourth-order valence-corrected chi connectivity index (χ4v) is 1.59. The lowest BCUT2D eigenvalue weighted by Crippen LogP contribution is -2.36. The van der Waals surface area contributed by atoms with Crippen LogP contribution in [0.15, 0.2) is 0 Å². The number of hydrogen-bond acceptors (Lipinski definition) is 2. The summed E-state index contributed by atoms with van der Waals surface area (Å²) in [7, 11) is 0. The van der Waals surface area contributed by atoms with Crippen molar-refractivity contribution in [1.29, 1.82) is 0 Å². The Labute approximate surface area is 89.6 Å². The first-order valence-electron chi connectivity index (χ1n) is 6.23. The molecular weight excluding hydrogens is 174 g/mol. The van der Waals surface area contributed by atoms with Crippen molar-refractivity contribution >= 4 is 0 Å². The SMILES string of the molecule is CC.CCCCCCN1CCOCC1. The van der Waals surface area contributed by atoms with Gasteiger partial charge < -0.3 is 4.74 Å². The highest BCUT2D eigenvalue weighted by atomic mass is 16.5. The molecule has 2 nitrogen and oxygen atoms in total. The van der Waals surface area contributed by atoms with Crippen LogP contribution in [0.1, 0.15) is 46.5 Å². The monoisotopic (exact) mass is 201 g/mol. The summed E-state index contributed by atoms with van der Waals surface area (Å²) >= 11 is 0. The average Bonchev–Trinajstić information content (AvgIpc) is 2.29. The molecule has 0 N–H and O–H groups in total. The van der Waals surface area contributed by atoms with Gasteiger partial charge in [0.15, 0.2) is 0 Å². The molecule has 1 saturated heterocycles. The highest BCUT2D eigenvalue weighted by Gasteiger charge is 2.08. The van der Waals surface area contributed by atoms with Crippen molar-refractivity contribution in [2.45, 2.75) is 46.5 Å². The first kappa shape index (κ1) is 13.9. The van der Waals surface area contributed by atoms with Gasteiger partial charge >= 0.3 is 0 Å². The van der Waals surface area contributed by atoms with Gasteiger partial charge in [-0.2, -0.15) is 0 Å². The fraction of sp³-hybridized carbons (Fsp3) is 1.00. The van der Waals surface area contributed by atoms with Crippen LogP contribution in [-0.4, -0.2) is 37.7 Å². The summed E-state index contributed by atoms with van der Waals surface area (Å²) < 4.78 is 5.29. The van der Waals surface area contributed by atoms with Crippen LogP contribution in [0.5, 0.6) is 0 Å². The number of hydrogen-bond donors (Lipinski definition) is 0. The molecule has 14 heavy (non-hydrogen) atoms. The molecule has 1 aliphatic heterocycles. The zero-order valence-electron chi connectivity index (χ0n) is 10.2. The molecule has 1 fully saturated rings. The molecule has 0 aliphatic carbocycles. The van der Waals surface area contributed by atoms with E-state index in [0.717, 1.165) is 26.3 Å². The topological polar surface area (TPSA) is 12.5 Å². The van der Waals surface area contributed by atoms with Crippen LogP contribution in [0.3, 0.4) is 0 Å². The van der Waals surface area contributed by atoms with E-state index in [1.54, 1.807) is 0 Å². The van der Waals surface area contributed by atoms with Gasteiger partial charge in [-0.05, 0) is 13.0 Å². The van der Waals surface area contributed by atoms with E-state index in [4.69, 9.17) is 4.74 Å². The molecule has 0 aromatic carbocycles. The zero-order valence-corrected chi connectivity index (χ0v) is 10.2. The third kappa shape index (κ3) is 7.34. The number of nitrogens with zero attached hydrogens (tertiary/aromatic N) is 1. The largest absolute Gasteiger partial charge is 0.379 e. The van der Waals surface area contributed by atoms with Crippen LogP contribution in [0.25, 0.3) is 0 Å².